The number of nitrogens with one attached hydrogen (secondary N) is 1. The summed E-state index contributed by atoms with van der Waals surface area (Å²) in [5.41, 5.74) is 0.776. The SMILES string of the molecule is S=C(Nc1cc(Cl)ccc1Cl)N1CCCCCC1. The molecule has 0 amide bonds. The van der Waals surface area contributed by atoms with Gasteiger partial charge in [0, 0.05) is 18.1 Å². The van der Waals surface area contributed by atoms with Crippen LogP contribution in [0.3, 0.4) is 0 Å². The summed E-state index contributed by atoms with van der Waals surface area (Å²) < 4.78 is 0. The van der Waals surface area contributed by atoms with Gasteiger partial charge in [0.05, 0.1) is 10.7 Å². The van der Waals surface area contributed by atoms with Crippen molar-refractivity contribution in [1.82, 2.24) is 4.90 Å². The number of anilines is 1. The molecule has 2 rings (SSSR count). The number of halogens is 2. The number of thiocarbonyl (C=S) groups is 1. The van der Waals surface area contributed by atoms with E-state index in [1.54, 1.807) is 18.2 Å². The predicted octanol–water partition coefficient (Wildman–Crippen LogP) is 4.57. The fourth-order valence-corrected chi connectivity index (χ4v) is 2.69. The molecule has 0 spiro atoms. The Morgan fingerprint density at radius 1 is 1.11 bits per heavy atom. The molecule has 1 fully saturated rings. The average Bonchev–Trinajstić information content (AvgIpc) is 2.62. The Kier molecular flexibility index (Phi) is 5.10. The first-order valence-electron chi connectivity index (χ1n) is 6.18. The van der Waals surface area contributed by atoms with Gasteiger partial charge in [0.2, 0.25) is 0 Å². The first kappa shape index (κ1) is 13.9. The maximum Gasteiger partial charge on any atom is 0.173 e. The second kappa shape index (κ2) is 6.60. The zero-order valence-corrected chi connectivity index (χ0v) is 12.4. The Labute approximate surface area is 123 Å². The maximum atomic E-state index is 6.11. The molecule has 18 heavy (non-hydrogen) atoms. The van der Waals surface area contributed by atoms with Gasteiger partial charge in [-0.3, -0.25) is 0 Å². The van der Waals surface area contributed by atoms with Gasteiger partial charge in [-0.15, -0.1) is 0 Å². The Morgan fingerprint density at radius 3 is 2.44 bits per heavy atom. The van der Waals surface area contributed by atoms with E-state index >= 15 is 0 Å². The van der Waals surface area contributed by atoms with E-state index in [0.717, 1.165) is 23.9 Å². The van der Waals surface area contributed by atoms with E-state index in [-0.39, 0.29) is 0 Å². The van der Waals surface area contributed by atoms with Crippen molar-refractivity contribution in [3.05, 3.63) is 28.2 Å². The Bertz CT molecular complexity index is 429. The highest BCUT2D eigenvalue weighted by atomic mass is 35.5. The van der Waals surface area contributed by atoms with Crippen LogP contribution in [0.5, 0.6) is 0 Å². The minimum Gasteiger partial charge on any atom is -0.349 e. The molecule has 1 aromatic rings. The third-order valence-corrected chi connectivity index (χ3v) is 3.99. The summed E-state index contributed by atoms with van der Waals surface area (Å²) in [6.07, 6.45) is 4.98. The van der Waals surface area contributed by atoms with E-state index in [2.05, 4.69) is 10.2 Å². The molecule has 1 aromatic carbocycles. The number of benzene rings is 1. The van der Waals surface area contributed by atoms with Crippen molar-refractivity contribution in [2.24, 2.45) is 0 Å². The smallest absolute Gasteiger partial charge is 0.173 e. The summed E-state index contributed by atoms with van der Waals surface area (Å²) in [4.78, 5) is 2.21. The Hall–Kier alpha value is -0.510. The van der Waals surface area contributed by atoms with Crippen molar-refractivity contribution >= 4 is 46.2 Å². The molecule has 98 valence electrons. The minimum absolute atomic E-state index is 0.636. The lowest BCUT2D eigenvalue weighted by molar-refractivity contribution is 0.441. The summed E-state index contributed by atoms with van der Waals surface area (Å²) in [7, 11) is 0. The van der Waals surface area contributed by atoms with Crippen molar-refractivity contribution in [3.8, 4) is 0 Å². The molecule has 1 heterocycles. The molecule has 0 saturated carbocycles. The Balaban J connectivity index is 2.03. The lowest BCUT2D eigenvalue weighted by Crippen LogP contribution is -2.35. The van der Waals surface area contributed by atoms with E-state index in [4.69, 9.17) is 35.4 Å². The van der Waals surface area contributed by atoms with Gasteiger partial charge in [-0.2, -0.15) is 0 Å². The first-order valence-corrected chi connectivity index (χ1v) is 7.34. The highest BCUT2D eigenvalue weighted by molar-refractivity contribution is 7.80. The highest BCUT2D eigenvalue weighted by Gasteiger charge is 2.13. The molecular weight excluding hydrogens is 287 g/mol. The van der Waals surface area contributed by atoms with Crippen LogP contribution in [0.15, 0.2) is 18.2 Å². The van der Waals surface area contributed by atoms with E-state index in [9.17, 15) is 0 Å². The van der Waals surface area contributed by atoms with Gasteiger partial charge in [-0.25, -0.2) is 0 Å². The van der Waals surface area contributed by atoms with E-state index in [0.29, 0.717) is 10.0 Å². The summed E-state index contributed by atoms with van der Waals surface area (Å²) in [6.45, 7) is 2.04. The maximum absolute atomic E-state index is 6.11. The van der Waals surface area contributed by atoms with Gasteiger partial charge in [-0.05, 0) is 43.3 Å². The normalized spacial score (nSPS) is 16.2. The summed E-state index contributed by atoms with van der Waals surface area (Å²) in [5, 5.41) is 5.22. The molecule has 1 aliphatic rings. The van der Waals surface area contributed by atoms with Crippen molar-refractivity contribution in [2.45, 2.75) is 25.7 Å². The number of nitrogens with zero attached hydrogens (tertiary/aromatic N) is 1. The monoisotopic (exact) mass is 302 g/mol. The highest BCUT2D eigenvalue weighted by Crippen LogP contribution is 2.26. The third kappa shape index (κ3) is 3.74. The molecular formula is C13H16Cl2N2S. The zero-order valence-electron chi connectivity index (χ0n) is 10.1. The predicted molar refractivity (Wildman–Crippen MR) is 82.7 cm³/mol. The summed E-state index contributed by atoms with van der Waals surface area (Å²) >= 11 is 17.5. The van der Waals surface area contributed by atoms with Gasteiger partial charge in [0.1, 0.15) is 0 Å². The van der Waals surface area contributed by atoms with Gasteiger partial charge in [0.25, 0.3) is 0 Å². The van der Waals surface area contributed by atoms with Crippen LogP contribution in [-0.4, -0.2) is 23.1 Å². The molecule has 1 saturated heterocycles. The average molecular weight is 303 g/mol. The molecule has 0 aliphatic carbocycles. The van der Waals surface area contributed by atoms with Crippen molar-refractivity contribution < 1.29 is 0 Å². The molecule has 0 bridgehead atoms. The van der Waals surface area contributed by atoms with Crippen LogP contribution in [0, 0.1) is 0 Å². The van der Waals surface area contributed by atoms with Crippen LogP contribution in [0.1, 0.15) is 25.7 Å². The van der Waals surface area contributed by atoms with Crippen LogP contribution in [0.25, 0.3) is 0 Å². The molecule has 0 aromatic heterocycles. The second-order valence-electron chi connectivity index (χ2n) is 4.46. The number of rotatable bonds is 1. The largest absolute Gasteiger partial charge is 0.349 e. The molecule has 0 radical (unpaired) electrons. The first-order chi connectivity index (χ1) is 8.66. The fraction of sp³-hybridized carbons (Fsp3) is 0.462. The zero-order chi connectivity index (χ0) is 13.0. The lowest BCUT2D eigenvalue weighted by Gasteiger charge is -2.24. The number of hydrogen-bond acceptors (Lipinski definition) is 1. The molecule has 5 heteroatoms. The van der Waals surface area contributed by atoms with Crippen LogP contribution in [0.4, 0.5) is 5.69 Å². The van der Waals surface area contributed by atoms with Gasteiger partial charge in [0.15, 0.2) is 5.11 Å². The van der Waals surface area contributed by atoms with Crippen LogP contribution in [0.2, 0.25) is 10.0 Å². The Morgan fingerprint density at radius 2 is 1.78 bits per heavy atom. The van der Waals surface area contributed by atoms with Crippen molar-refractivity contribution in [3.63, 3.8) is 0 Å². The van der Waals surface area contributed by atoms with Crippen molar-refractivity contribution in [2.75, 3.05) is 18.4 Å². The lowest BCUT2D eigenvalue weighted by atomic mass is 10.2. The fourth-order valence-electron chi connectivity index (χ4n) is 2.06. The number of hydrogen-bond donors (Lipinski definition) is 1. The summed E-state index contributed by atoms with van der Waals surface area (Å²) in [5.74, 6) is 0. The quantitative estimate of drug-likeness (QED) is 0.765. The van der Waals surface area contributed by atoms with E-state index in [1.165, 1.54) is 25.7 Å². The van der Waals surface area contributed by atoms with Gasteiger partial charge >= 0.3 is 0 Å². The van der Waals surface area contributed by atoms with E-state index in [1.807, 2.05) is 0 Å². The van der Waals surface area contributed by atoms with Crippen molar-refractivity contribution in [1.29, 1.82) is 0 Å². The molecule has 0 unspecified atom stereocenters. The molecule has 1 N–H and O–H groups in total. The van der Waals surface area contributed by atoms with Gasteiger partial charge in [-0.1, -0.05) is 36.0 Å². The topological polar surface area (TPSA) is 15.3 Å². The van der Waals surface area contributed by atoms with Crippen LogP contribution >= 0.6 is 35.4 Å². The van der Waals surface area contributed by atoms with Crippen LogP contribution in [-0.2, 0) is 0 Å². The third-order valence-electron chi connectivity index (χ3n) is 3.06. The molecule has 1 aliphatic heterocycles. The minimum atomic E-state index is 0.636. The molecule has 2 nitrogen and oxygen atoms in total. The van der Waals surface area contributed by atoms with E-state index < -0.39 is 0 Å². The number of likely N-dealkylation sites (tertiary alicyclic amines) is 1. The molecule has 0 atom stereocenters. The summed E-state index contributed by atoms with van der Waals surface area (Å²) in [6, 6.07) is 5.34. The van der Waals surface area contributed by atoms with Crippen LogP contribution < -0.4 is 5.32 Å². The standard InChI is InChI=1S/C13H16Cl2N2S/c14-10-5-6-11(15)12(9-10)16-13(18)17-7-3-1-2-4-8-17/h5-6,9H,1-4,7-8H2,(H,16,18). The second-order valence-corrected chi connectivity index (χ2v) is 5.69. The van der Waals surface area contributed by atoms with Gasteiger partial charge < -0.3 is 10.2 Å².